The minimum absolute atomic E-state index is 0.235. The van der Waals surface area contributed by atoms with Gasteiger partial charge in [0, 0.05) is 28.0 Å². The monoisotopic (exact) mass is 435 g/mol. The number of carbonyl (C=O) groups excluding carboxylic acids is 2. The summed E-state index contributed by atoms with van der Waals surface area (Å²) in [5, 5.41) is 1.76. The fourth-order valence-electron chi connectivity index (χ4n) is 3.94. The van der Waals surface area contributed by atoms with Crippen LogP contribution < -0.4 is 9.47 Å². The molecule has 3 aromatic rings. The zero-order valence-electron chi connectivity index (χ0n) is 17.9. The Morgan fingerprint density at radius 3 is 2.35 bits per heavy atom. The maximum atomic E-state index is 13.2. The van der Waals surface area contributed by atoms with E-state index in [-0.39, 0.29) is 11.8 Å². The van der Waals surface area contributed by atoms with Crippen molar-refractivity contribution in [1.82, 2.24) is 4.90 Å². The third-order valence-corrected chi connectivity index (χ3v) is 6.76. The van der Waals surface area contributed by atoms with Crippen molar-refractivity contribution >= 4 is 34.3 Å². The Balaban J connectivity index is 1.63. The van der Waals surface area contributed by atoms with Gasteiger partial charge < -0.3 is 9.47 Å². The fraction of sp³-hybridized carbons (Fsp3) is 0.280. The molecule has 6 heteroatoms. The van der Waals surface area contributed by atoms with E-state index in [4.69, 9.17) is 9.47 Å². The molecule has 0 aliphatic carbocycles. The summed E-state index contributed by atoms with van der Waals surface area (Å²) in [6.45, 7) is 2.44. The van der Waals surface area contributed by atoms with Crippen LogP contribution in [0.3, 0.4) is 0 Å². The van der Waals surface area contributed by atoms with Gasteiger partial charge in [-0.25, -0.2) is 0 Å². The van der Waals surface area contributed by atoms with Crippen LogP contribution in [0.15, 0.2) is 53.4 Å². The van der Waals surface area contributed by atoms with Crippen LogP contribution in [0.1, 0.15) is 39.6 Å². The molecule has 4 rings (SSSR count). The summed E-state index contributed by atoms with van der Waals surface area (Å²) in [6, 6.07) is 15.2. The molecule has 2 amide bonds. The molecule has 160 valence electrons. The molecule has 0 saturated heterocycles. The Morgan fingerprint density at radius 1 is 0.903 bits per heavy atom. The number of methoxy groups -OCH3 is 2. The van der Waals surface area contributed by atoms with E-state index < -0.39 is 0 Å². The van der Waals surface area contributed by atoms with Gasteiger partial charge in [0.15, 0.2) is 11.5 Å². The molecule has 0 aromatic heterocycles. The van der Waals surface area contributed by atoms with Crippen LogP contribution in [-0.4, -0.2) is 43.2 Å². The third-order valence-electron chi connectivity index (χ3n) is 5.49. The zero-order valence-corrected chi connectivity index (χ0v) is 18.8. The predicted molar refractivity (Wildman–Crippen MR) is 124 cm³/mol. The Hall–Kier alpha value is -2.99. The second-order valence-corrected chi connectivity index (χ2v) is 8.53. The van der Waals surface area contributed by atoms with Crippen molar-refractivity contribution in [3.05, 3.63) is 65.2 Å². The molecule has 0 radical (unpaired) electrons. The number of amides is 2. The maximum Gasteiger partial charge on any atom is 0.261 e. The van der Waals surface area contributed by atoms with Gasteiger partial charge in [-0.15, -0.1) is 11.8 Å². The smallest absolute Gasteiger partial charge is 0.261 e. The summed E-state index contributed by atoms with van der Waals surface area (Å²) in [4.78, 5) is 28.9. The highest BCUT2D eigenvalue weighted by atomic mass is 32.2. The van der Waals surface area contributed by atoms with E-state index in [1.165, 1.54) is 4.90 Å². The summed E-state index contributed by atoms with van der Waals surface area (Å²) in [5.41, 5.74) is 2.16. The summed E-state index contributed by atoms with van der Waals surface area (Å²) >= 11 is 1.76. The Kier molecular flexibility index (Phi) is 6.18. The molecule has 0 N–H and O–H groups in total. The molecular formula is C25H25NO4S. The predicted octanol–water partition coefficient (Wildman–Crippen LogP) is 5.20. The highest BCUT2D eigenvalue weighted by Crippen LogP contribution is 2.36. The molecule has 0 saturated carbocycles. The number of hydrogen-bond donors (Lipinski definition) is 0. The normalized spacial score (nSPS) is 13.1. The van der Waals surface area contributed by atoms with Crippen LogP contribution in [0.5, 0.6) is 11.5 Å². The van der Waals surface area contributed by atoms with Crippen LogP contribution in [0.25, 0.3) is 10.8 Å². The number of carbonyl (C=O) groups is 2. The maximum absolute atomic E-state index is 13.2. The lowest BCUT2D eigenvalue weighted by Gasteiger charge is -2.28. The summed E-state index contributed by atoms with van der Waals surface area (Å²) in [5.74, 6) is 1.80. The average Bonchev–Trinajstić information content (AvgIpc) is 2.81. The molecule has 0 fully saturated rings. The van der Waals surface area contributed by atoms with Crippen molar-refractivity contribution in [3.8, 4) is 11.5 Å². The van der Waals surface area contributed by atoms with Gasteiger partial charge >= 0.3 is 0 Å². The molecule has 1 heterocycles. The molecule has 1 aliphatic heterocycles. The van der Waals surface area contributed by atoms with Gasteiger partial charge in [0.2, 0.25) is 0 Å². The summed E-state index contributed by atoms with van der Waals surface area (Å²) < 4.78 is 10.6. The lowest BCUT2D eigenvalue weighted by Crippen LogP contribution is -2.41. The minimum Gasteiger partial charge on any atom is -0.493 e. The van der Waals surface area contributed by atoms with E-state index >= 15 is 0 Å². The number of imide groups is 1. The van der Waals surface area contributed by atoms with E-state index in [9.17, 15) is 9.59 Å². The first kappa shape index (κ1) is 21.2. The number of thioether (sulfide) groups is 1. The van der Waals surface area contributed by atoms with Crippen LogP contribution in [0.4, 0.5) is 0 Å². The lowest BCUT2D eigenvalue weighted by molar-refractivity contribution is 0.0612. The van der Waals surface area contributed by atoms with Crippen LogP contribution >= 0.6 is 11.8 Å². The molecule has 31 heavy (non-hydrogen) atoms. The standard InChI is InChI=1S/C25H25NO4S/c1-4-14-31-22-11-9-19-23-17(22)6-5-7-18(23)24(27)26(25(19)28)13-12-16-8-10-20(29-2)21(15-16)30-3/h5-11,15H,4,12-14H2,1-3H3. The van der Waals surface area contributed by atoms with Gasteiger partial charge in [-0.05, 0) is 59.9 Å². The molecule has 3 aromatic carbocycles. The molecular weight excluding hydrogens is 410 g/mol. The third kappa shape index (κ3) is 3.88. The molecule has 0 atom stereocenters. The highest BCUT2D eigenvalue weighted by Gasteiger charge is 2.33. The van der Waals surface area contributed by atoms with E-state index in [0.717, 1.165) is 33.4 Å². The Labute approximate surface area is 186 Å². The van der Waals surface area contributed by atoms with Gasteiger partial charge in [-0.2, -0.15) is 0 Å². The Morgan fingerprint density at radius 2 is 1.65 bits per heavy atom. The largest absolute Gasteiger partial charge is 0.493 e. The van der Waals surface area contributed by atoms with Crippen molar-refractivity contribution in [2.75, 3.05) is 26.5 Å². The highest BCUT2D eigenvalue weighted by molar-refractivity contribution is 7.99. The van der Waals surface area contributed by atoms with Crippen molar-refractivity contribution in [2.45, 2.75) is 24.7 Å². The average molecular weight is 436 g/mol. The topological polar surface area (TPSA) is 55.8 Å². The number of hydrogen-bond acceptors (Lipinski definition) is 5. The number of rotatable bonds is 8. The molecule has 0 unspecified atom stereocenters. The quantitative estimate of drug-likeness (QED) is 0.360. The van der Waals surface area contributed by atoms with Crippen LogP contribution in [-0.2, 0) is 6.42 Å². The first-order valence-electron chi connectivity index (χ1n) is 10.3. The van der Waals surface area contributed by atoms with Gasteiger partial charge in [-0.1, -0.05) is 25.1 Å². The first-order valence-corrected chi connectivity index (χ1v) is 11.3. The van der Waals surface area contributed by atoms with Crippen molar-refractivity contribution in [1.29, 1.82) is 0 Å². The summed E-state index contributed by atoms with van der Waals surface area (Å²) in [6.07, 6.45) is 1.60. The number of nitrogens with zero attached hydrogens (tertiary/aromatic N) is 1. The van der Waals surface area contributed by atoms with E-state index in [0.29, 0.717) is 35.6 Å². The minimum atomic E-state index is -0.235. The van der Waals surface area contributed by atoms with Gasteiger partial charge in [0.05, 0.1) is 14.2 Å². The molecule has 0 spiro atoms. The Bertz CT molecular complexity index is 1140. The van der Waals surface area contributed by atoms with Crippen molar-refractivity contribution in [3.63, 3.8) is 0 Å². The number of ether oxygens (including phenoxy) is 2. The van der Waals surface area contributed by atoms with Crippen LogP contribution in [0.2, 0.25) is 0 Å². The van der Waals surface area contributed by atoms with Gasteiger partial charge in [0.1, 0.15) is 0 Å². The van der Waals surface area contributed by atoms with Crippen LogP contribution in [0, 0.1) is 0 Å². The first-order chi connectivity index (χ1) is 15.1. The SMILES string of the molecule is CCCSc1ccc2c3c(cccc13)C(=O)N(CCc1ccc(OC)c(OC)c1)C2=O. The van der Waals surface area contributed by atoms with Gasteiger partial charge in [0.25, 0.3) is 11.8 Å². The van der Waals surface area contributed by atoms with E-state index in [1.54, 1.807) is 26.0 Å². The summed E-state index contributed by atoms with van der Waals surface area (Å²) in [7, 11) is 3.18. The molecule has 5 nitrogen and oxygen atoms in total. The second kappa shape index (κ2) is 9.02. The number of benzene rings is 3. The van der Waals surface area contributed by atoms with E-state index in [1.807, 2.05) is 48.5 Å². The zero-order chi connectivity index (χ0) is 22.0. The fourth-order valence-corrected chi connectivity index (χ4v) is 4.85. The van der Waals surface area contributed by atoms with Gasteiger partial charge in [-0.3, -0.25) is 14.5 Å². The lowest BCUT2D eigenvalue weighted by atomic mass is 9.93. The molecule has 1 aliphatic rings. The second-order valence-electron chi connectivity index (χ2n) is 7.39. The molecule has 0 bridgehead atoms. The van der Waals surface area contributed by atoms with Crippen molar-refractivity contribution in [2.24, 2.45) is 0 Å². The van der Waals surface area contributed by atoms with Crippen molar-refractivity contribution < 1.29 is 19.1 Å². The van der Waals surface area contributed by atoms with E-state index in [2.05, 4.69) is 6.92 Å².